The van der Waals surface area contributed by atoms with E-state index in [1.807, 2.05) is 31.3 Å². The monoisotopic (exact) mass is 191 g/mol. The number of hydrogen-bond donors (Lipinski definition) is 1. The molecule has 0 bridgehead atoms. The predicted molar refractivity (Wildman–Crippen MR) is 58.4 cm³/mol. The zero-order chi connectivity index (χ0) is 9.26. The van der Waals surface area contributed by atoms with Gasteiger partial charge in [-0.25, -0.2) is 9.97 Å². The third kappa shape index (κ3) is 1.47. The van der Waals surface area contributed by atoms with E-state index in [4.69, 9.17) is 0 Å². The van der Waals surface area contributed by atoms with E-state index in [2.05, 4.69) is 24.5 Å². The van der Waals surface area contributed by atoms with Crippen LogP contribution in [0.1, 0.15) is 0 Å². The number of fused-ring (bicyclic) bond motifs is 1. The maximum Gasteiger partial charge on any atom is 0.147 e. The minimum atomic E-state index is 0.711. The van der Waals surface area contributed by atoms with Gasteiger partial charge >= 0.3 is 0 Å². The molecule has 2 aromatic rings. The number of hydrogen-bond acceptors (Lipinski definition) is 3. The van der Waals surface area contributed by atoms with Crippen molar-refractivity contribution in [2.75, 3.05) is 12.4 Å². The summed E-state index contributed by atoms with van der Waals surface area (Å²) in [6.07, 6.45) is 0. The molecule has 2 rings (SSSR count). The Morgan fingerprint density at radius 3 is 2.77 bits per heavy atom. The highest BCUT2D eigenvalue weighted by Crippen LogP contribution is 2.17. The molecule has 66 valence electrons. The Morgan fingerprint density at radius 1 is 1.23 bits per heavy atom. The van der Waals surface area contributed by atoms with E-state index in [-0.39, 0.29) is 0 Å². The van der Waals surface area contributed by atoms with Crippen molar-refractivity contribution in [3.8, 4) is 0 Å². The van der Waals surface area contributed by atoms with Crippen LogP contribution in [-0.2, 0) is 0 Å². The van der Waals surface area contributed by atoms with Gasteiger partial charge in [0.05, 0.1) is 5.52 Å². The molecule has 0 aliphatic heterocycles. The van der Waals surface area contributed by atoms with Crippen molar-refractivity contribution < 1.29 is 0 Å². The Bertz CT molecular complexity index is 442. The molecule has 1 N–H and O–H groups in total. The van der Waals surface area contributed by atoms with E-state index >= 15 is 0 Å². The number of benzene rings is 1. The highest BCUT2D eigenvalue weighted by atomic mass is 31.0. The van der Waals surface area contributed by atoms with Gasteiger partial charge in [0.2, 0.25) is 0 Å². The molecule has 0 amide bonds. The lowest BCUT2D eigenvalue weighted by Crippen LogP contribution is -2.07. The van der Waals surface area contributed by atoms with Crippen LogP contribution < -0.4 is 10.9 Å². The zero-order valence-corrected chi connectivity index (χ0v) is 8.44. The summed E-state index contributed by atoms with van der Waals surface area (Å²) in [7, 11) is 4.36. The Balaban J connectivity index is 2.81. The number of rotatable bonds is 1. The maximum atomic E-state index is 4.30. The molecule has 1 heterocycles. The van der Waals surface area contributed by atoms with E-state index < -0.39 is 0 Å². The van der Waals surface area contributed by atoms with Crippen molar-refractivity contribution >= 4 is 31.5 Å². The first-order chi connectivity index (χ1) is 6.31. The molecule has 0 fully saturated rings. The third-order valence-corrected chi connectivity index (χ3v) is 2.12. The minimum absolute atomic E-state index is 0.711. The van der Waals surface area contributed by atoms with Crippen LogP contribution >= 0.6 is 9.24 Å². The maximum absolute atomic E-state index is 4.30. The fourth-order valence-corrected chi connectivity index (χ4v) is 1.55. The van der Waals surface area contributed by atoms with Crippen LogP contribution in [0.4, 0.5) is 5.82 Å². The summed E-state index contributed by atoms with van der Waals surface area (Å²) in [6, 6.07) is 7.94. The first-order valence-electron chi connectivity index (χ1n) is 4.01. The molecule has 1 unspecified atom stereocenters. The smallest absolute Gasteiger partial charge is 0.147 e. The second kappa shape index (κ2) is 3.27. The van der Waals surface area contributed by atoms with Gasteiger partial charge in [-0.15, -0.1) is 0 Å². The fourth-order valence-electron chi connectivity index (χ4n) is 1.29. The summed E-state index contributed by atoms with van der Waals surface area (Å²) in [5.74, 6) is 0.871. The Hall–Kier alpha value is -1.21. The molecule has 0 saturated heterocycles. The van der Waals surface area contributed by atoms with E-state index in [0.717, 1.165) is 16.7 Å². The highest BCUT2D eigenvalue weighted by molar-refractivity contribution is 7.26. The lowest BCUT2D eigenvalue weighted by atomic mass is 10.2. The quantitative estimate of drug-likeness (QED) is 0.687. The molecule has 0 spiro atoms. The Labute approximate surface area is 78.8 Å². The van der Waals surface area contributed by atoms with Gasteiger partial charge in [-0.1, -0.05) is 21.4 Å². The molecule has 0 aliphatic carbocycles. The normalized spacial score (nSPS) is 10.3. The summed E-state index contributed by atoms with van der Waals surface area (Å²) in [4.78, 5) is 8.56. The van der Waals surface area contributed by atoms with Crippen LogP contribution in [0.25, 0.3) is 10.9 Å². The lowest BCUT2D eigenvalue weighted by molar-refractivity contribution is 1.28. The van der Waals surface area contributed by atoms with Gasteiger partial charge in [0.1, 0.15) is 11.4 Å². The van der Waals surface area contributed by atoms with Gasteiger partial charge in [0.25, 0.3) is 0 Å². The Kier molecular flexibility index (Phi) is 2.11. The van der Waals surface area contributed by atoms with Crippen LogP contribution in [0.3, 0.4) is 0 Å². The number of para-hydroxylation sites is 1. The molecule has 4 heteroatoms. The lowest BCUT2D eigenvalue weighted by Gasteiger charge is -2.04. The van der Waals surface area contributed by atoms with Crippen molar-refractivity contribution in [1.29, 1.82) is 0 Å². The molecule has 1 atom stereocenters. The van der Waals surface area contributed by atoms with Crippen molar-refractivity contribution in [3.63, 3.8) is 0 Å². The predicted octanol–water partition coefficient (Wildman–Crippen LogP) is 1.17. The number of anilines is 1. The second-order valence-corrected chi connectivity index (χ2v) is 3.21. The van der Waals surface area contributed by atoms with Crippen LogP contribution in [0, 0.1) is 0 Å². The van der Waals surface area contributed by atoms with Gasteiger partial charge in [0.15, 0.2) is 0 Å². The molecule has 3 nitrogen and oxygen atoms in total. The molecular formula is C9H10N3P. The highest BCUT2D eigenvalue weighted by Gasteiger charge is 2.01. The van der Waals surface area contributed by atoms with E-state index in [9.17, 15) is 0 Å². The molecule has 0 radical (unpaired) electrons. The molecule has 13 heavy (non-hydrogen) atoms. The standard InChI is InChI=1S/C9H10N3P/c1-10-8-6-4-2-3-5-7(6)11-9(13)12-8/h2-5H,13H2,1H3,(H,10,11,12). The molecule has 0 aliphatic rings. The molecule has 1 aromatic carbocycles. The summed E-state index contributed by atoms with van der Waals surface area (Å²) in [6.45, 7) is 0. The van der Waals surface area contributed by atoms with Crippen molar-refractivity contribution in [2.24, 2.45) is 0 Å². The average molecular weight is 191 g/mol. The van der Waals surface area contributed by atoms with Gasteiger partial charge in [-0.3, -0.25) is 0 Å². The van der Waals surface area contributed by atoms with Gasteiger partial charge < -0.3 is 5.32 Å². The topological polar surface area (TPSA) is 37.8 Å². The number of nitrogens with zero attached hydrogens (tertiary/aromatic N) is 2. The first-order valence-corrected chi connectivity index (χ1v) is 4.59. The molecule has 1 aromatic heterocycles. The van der Waals surface area contributed by atoms with E-state index in [1.165, 1.54) is 0 Å². The number of aromatic nitrogens is 2. The van der Waals surface area contributed by atoms with Crippen LogP contribution in [-0.4, -0.2) is 17.0 Å². The minimum Gasteiger partial charge on any atom is -0.373 e. The number of nitrogens with one attached hydrogen (secondary N) is 1. The van der Waals surface area contributed by atoms with Crippen LogP contribution in [0.15, 0.2) is 24.3 Å². The van der Waals surface area contributed by atoms with Gasteiger partial charge in [-0.05, 0) is 12.1 Å². The molecule has 0 saturated carbocycles. The Morgan fingerprint density at radius 2 is 2.00 bits per heavy atom. The summed E-state index contributed by atoms with van der Waals surface area (Å²) >= 11 is 0. The first kappa shape index (κ1) is 8.39. The third-order valence-electron chi connectivity index (χ3n) is 1.86. The van der Waals surface area contributed by atoms with Gasteiger partial charge in [0, 0.05) is 12.4 Å². The van der Waals surface area contributed by atoms with E-state index in [0.29, 0.717) is 5.57 Å². The van der Waals surface area contributed by atoms with Gasteiger partial charge in [-0.2, -0.15) is 0 Å². The van der Waals surface area contributed by atoms with Crippen molar-refractivity contribution in [2.45, 2.75) is 0 Å². The van der Waals surface area contributed by atoms with Crippen molar-refractivity contribution in [1.82, 2.24) is 9.97 Å². The second-order valence-electron chi connectivity index (χ2n) is 2.70. The SMILES string of the molecule is CNc1nc(P)nc2ccccc12. The fraction of sp³-hybridized carbons (Fsp3) is 0.111. The zero-order valence-electron chi connectivity index (χ0n) is 7.28. The van der Waals surface area contributed by atoms with E-state index in [1.54, 1.807) is 0 Å². The average Bonchev–Trinajstić information content (AvgIpc) is 2.16. The van der Waals surface area contributed by atoms with Crippen LogP contribution in [0.2, 0.25) is 0 Å². The van der Waals surface area contributed by atoms with Crippen molar-refractivity contribution in [3.05, 3.63) is 24.3 Å². The molecular weight excluding hydrogens is 181 g/mol. The van der Waals surface area contributed by atoms with Crippen LogP contribution in [0.5, 0.6) is 0 Å². The summed E-state index contributed by atoms with van der Waals surface area (Å²) < 4.78 is 0. The largest absolute Gasteiger partial charge is 0.373 e. The summed E-state index contributed by atoms with van der Waals surface area (Å²) in [5.41, 5.74) is 1.68. The summed E-state index contributed by atoms with van der Waals surface area (Å²) in [5, 5.41) is 4.10.